The molecule has 2 N–H and O–H groups in total. The minimum Gasteiger partial charge on any atom is -0.336 e. The number of amides is 3. The van der Waals surface area contributed by atoms with Crippen LogP contribution in [0.1, 0.15) is 24.2 Å². The molecule has 1 aliphatic heterocycles. The molecule has 11 heteroatoms. The lowest BCUT2D eigenvalue weighted by atomic mass is 10.1. The molecule has 0 bridgehead atoms. The van der Waals surface area contributed by atoms with Crippen molar-refractivity contribution < 1.29 is 26.8 Å². The Morgan fingerprint density at radius 3 is 2.28 bits per heavy atom. The lowest BCUT2D eigenvalue weighted by Gasteiger charge is -2.34. The molecule has 2 aromatic carbocycles. The van der Waals surface area contributed by atoms with Gasteiger partial charge in [-0.2, -0.15) is 4.31 Å². The number of sulfonamides is 1. The van der Waals surface area contributed by atoms with E-state index in [4.69, 9.17) is 0 Å². The summed E-state index contributed by atoms with van der Waals surface area (Å²) in [6.45, 7) is 3.67. The third-order valence-electron chi connectivity index (χ3n) is 4.86. The van der Waals surface area contributed by atoms with Gasteiger partial charge in [0.1, 0.15) is 16.5 Å². The van der Waals surface area contributed by atoms with E-state index in [1.807, 2.05) is 13.8 Å². The number of nitrogens with zero attached hydrogens (tertiary/aromatic N) is 2. The highest BCUT2D eigenvalue weighted by Gasteiger charge is 2.32. The highest BCUT2D eigenvalue weighted by atomic mass is 32.2. The van der Waals surface area contributed by atoms with E-state index in [1.54, 1.807) is 24.3 Å². The first-order valence-corrected chi connectivity index (χ1v) is 11.4. The molecular formula is C21H24F2N4O4S. The summed E-state index contributed by atoms with van der Waals surface area (Å²) in [5, 5.41) is 5.33. The third-order valence-corrected chi connectivity index (χ3v) is 6.79. The van der Waals surface area contributed by atoms with Gasteiger partial charge in [0.25, 0.3) is 5.91 Å². The number of hydrogen-bond donors (Lipinski definition) is 2. The summed E-state index contributed by atoms with van der Waals surface area (Å²) in [4.78, 5) is 25.9. The van der Waals surface area contributed by atoms with Gasteiger partial charge < -0.3 is 15.5 Å². The molecule has 2 aromatic rings. The zero-order valence-corrected chi connectivity index (χ0v) is 18.5. The van der Waals surface area contributed by atoms with Gasteiger partial charge in [-0.1, -0.05) is 12.1 Å². The molecule has 32 heavy (non-hydrogen) atoms. The van der Waals surface area contributed by atoms with Crippen molar-refractivity contribution in [2.24, 2.45) is 0 Å². The molecule has 172 valence electrons. The molecule has 3 amide bonds. The summed E-state index contributed by atoms with van der Waals surface area (Å²) in [5.41, 5.74) is 0.603. The third kappa shape index (κ3) is 5.22. The average molecular weight is 467 g/mol. The Morgan fingerprint density at radius 1 is 1.00 bits per heavy atom. The van der Waals surface area contributed by atoms with E-state index in [0.29, 0.717) is 11.8 Å². The van der Waals surface area contributed by atoms with Gasteiger partial charge in [0.05, 0.1) is 11.3 Å². The fourth-order valence-electron chi connectivity index (χ4n) is 3.32. The number of carbonyl (C=O) groups is 2. The van der Waals surface area contributed by atoms with Crippen LogP contribution >= 0.6 is 0 Å². The Labute approximate surface area is 185 Å². The first-order chi connectivity index (χ1) is 15.1. The van der Waals surface area contributed by atoms with Crippen LogP contribution in [-0.2, 0) is 10.0 Å². The van der Waals surface area contributed by atoms with Crippen LogP contribution in [0.3, 0.4) is 0 Å². The smallest absolute Gasteiger partial charge is 0.319 e. The van der Waals surface area contributed by atoms with E-state index in [2.05, 4.69) is 10.6 Å². The average Bonchev–Trinajstić information content (AvgIpc) is 2.73. The summed E-state index contributed by atoms with van der Waals surface area (Å²) in [5.74, 6) is -2.40. The molecule has 1 fully saturated rings. The van der Waals surface area contributed by atoms with Crippen molar-refractivity contribution in [2.45, 2.75) is 24.8 Å². The second-order valence-corrected chi connectivity index (χ2v) is 9.48. The number of carbonyl (C=O) groups excluding carboxylic acids is 2. The molecule has 0 aromatic heterocycles. The molecule has 1 saturated heterocycles. The SMILES string of the molecule is CC(C)NC(=O)Nc1ccccc1C(=O)N1CCN(S(=O)(=O)c2ccc(F)cc2F)CC1. The van der Waals surface area contributed by atoms with E-state index in [1.165, 1.54) is 4.90 Å². The van der Waals surface area contributed by atoms with Gasteiger partial charge in [-0.3, -0.25) is 4.79 Å². The first-order valence-electron chi connectivity index (χ1n) is 10.0. The Morgan fingerprint density at radius 2 is 1.66 bits per heavy atom. The summed E-state index contributed by atoms with van der Waals surface area (Å²) >= 11 is 0. The molecule has 3 rings (SSSR count). The predicted molar refractivity (Wildman–Crippen MR) is 115 cm³/mol. The first kappa shape index (κ1) is 23.6. The summed E-state index contributed by atoms with van der Waals surface area (Å²) in [6.07, 6.45) is 0. The number of benzene rings is 2. The lowest BCUT2D eigenvalue weighted by molar-refractivity contribution is 0.0698. The van der Waals surface area contributed by atoms with Gasteiger partial charge in [-0.15, -0.1) is 0 Å². The van der Waals surface area contributed by atoms with Crippen molar-refractivity contribution in [1.82, 2.24) is 14.5 Å². The van der Waals surface area contributed by atoms with E-state index in [0.717, 1.165) is 16.4 Å². The molecule has 0 atom stereocenters. The minimum absolute atomic E-state index is 0.0473. The molecule has 0 spiro atoms. The molecule has 1 aliphatic rings. The van der Waals surface area contributed by atoms with Crippen molar-refractivity contribution in [2.75, 3.05) is 31.5 Å². The van der Waals surface area contributed by atoms with Gasteiger partial charge in [-0.25, -0.2) is 22.0 Å². The van der Waals surface area contributed by atoms with E-state index >= 15 is 0 Å². The quantitative estimate of drug-likeness (QED) is 0.708. The summed E-state index contributed by atoms with van der Waals surface area (Å²) in [6, 6.07) is 8.29. The van der Waals surface area contributed by atoms with Crippen LogP contribution in [-0.4, -0.2) is 61.8 Å². The number of urea groups is 1. The van der Waals surface area contributed by atoms with Gasteiger partial charge >= 0.3 is 6.03 Å². The standard InChI is InChI=1S/C21H24F2N4O4S/c1-14(2)24-21(29)25-18-6-4-3-5-16(18)20(28)26-9-11-27(12-10-26)32(30,31)19-8-7-15(22)13-17(19)23/h3-8,13-14H,9-12H2,1-2H3,(H2,24,25,29). The van der Waals surface area contributed by atoms with Gasteiger partial charge in [-0.05, 0) is 38.1 Å². The summed E-state index contributed by atoms with van der Waals surface area (Å²) < 4.78 is 53.7. The van der Waals surface area contributed by atoms with Crippen molar-refractivity contribution in [3.63, 3.8) is 0 Å². The number of anilines is 1. The Hall–Kier alpha value is -3.05. The lowest BCUT2D eigenvalue weighted by Crippen LogP contribution is -2.50. The number of para-hydroxylation sites is 1. The van der Waals surface area contributed by atoms with Crippen LogP contribution in [0.15, 0.2) is 47.4 Å². The van der Waals surface area contributed by atoms with Gasteiger partial charge in [0.15, 0.2) is 0 Å². The topological polar surface area (TPSA) is 98.8 Å². The largest absolute Gasteiger partial charge is 0.336 e. The fourth-order valence-corrected chi connectivity index (χ4v) is 4.79. The molecule has 0 radical (unpaired) electrons. The molecule has 8 nitrogen and oxygen atoms in total. The zero-order valence-electron chi connectivity index (χ0n) is 17.6. The van der Waals surface area contributed by atoms with Crippen molar-refractivity contribution in [3.8, 4) is 0 Å². The maximum atomic E-state index is 14.0. The number of nitrogens with one attached hydrogen (secondary N) is 2. The van der Waals surface area contributed by atoms with Crippen LogP contribution < -0.4 is 10.6 Å². The molecule has 0 unspecified atom stereocenters. The van der Waals surface area contributed by atoms with Crippen LogP contribution in [0.2, 0.25) is 0 Å². The van der Waals surface area contributed by atoms with E-state index in [-0.39, 0.29) is 43.7 Å². The second-order valence-electron chi connectivity index (χ2n) is 7.57. The van der Waals surface area contributed by atoms with Crippen molar-refractivity contribution >= 4 is 27.6 Å². The summed E-state index contributed by atoms with van der Waals surface area (Å²) in [7, 11) is -4.17. The number of halogens is 2. The van der Waals surface area contributed by atoms with Crippen molar-refractivity contribution in [1.29, 1.82) is 0 Å². The molecule has 0 saturated carbocycles. The van der Waals surface area contributed by atoms with Gasteiger partial charge in [0, 0.05) is 38.3 Å². The predicted octanol–water partition coefficient (Wildman–Crippen LogP) is 2.64. The normalized spacial score (nSPS) is 15.0. The zero-order chi connectivity index (χ0) is 23.5. The Bertz CT molecular complexity index is 1120. The Balaban J connectivity index is 1.71. The van der Waals surface area contributed by atoms with Crippen LogP contribution in [0, 0.1) is 11.6 Å². The maximum Gasteiger partial charge on any atom is 0.319 e. The molecule has 1 heterocycles. The van der Waals surface area contributed by atoms with Crippen LogP contribution in [0.5, 0.6) is 0 Å². The monoisotopic (exact) mass is 466 g/mol. The highest BCUT2D eigenvalue weighted by molar-refractivity contribution is 7.89. The Kier molecular flexibility index (Phi) is 7.09. The molecular weight excluding hydrogens is 442 g/mol. The number of piperazine rings is 1. The van der Waals surface area contributed by atoms with Crippen LogP contribution in [0.25, 0.3) is 0 Å². The fraction of sp³-hybridized carbons (Fsp3) is 0.333. The highest BCUT2D eigenvalue weighted by Crippen LogP contribution is 2.23. The minimum atomic E-state index is -4.17. The number of hydrogen-bond acceptors (Lipinski definition) is 4. The van der Waals surface area contributed by atoms with E-state index in [9.17, 15) is 26.8 Å². The van der Waals surface area contributed by atoms with Crippen molar-refractivity contribution in [3.05, 3.63) is 59.7 Å². The maximum absolute atomic E-state index is 14.0. The molecule has 0 aliphatic carbocycles. The number of rotatable bonds is 5. The second kappa shape index (κ2) is 9.61. The van der Waals surface area contributed by atoms with E-state index < -0.39 is 32.6 Å². The van der Waals surface area contributed by atoms with Crippen LogP contribution in [0.4, 0.5) is 19.3 Å². The van der Waals surface area contributed by atoms with Gasteiger partial charge in [0.2, 0.25) is 10.0 Å².